The molecule has 29 heavy (non-hydrogen) atoms. The van der Waals surface area contributed by atoms with E-state index in [0.29, 0.717) is 11.3 Å². The van der Waals surface area contributed by atoms with Crippen LogP contribution in [0.4, 0.5) is 17.1 Å². The Balaban J connectivity index is 1.61. The van der Waals surface area contributed by atoms with Gasteiger partial charge in [-0.05, 0) is 62.2 Å². The van der Waals surface area contributed by atoms with Gasteiger partial charge in [-0.15, -0.1) is 0 Å². The Labute approximate surface area is 172 Å². The van der Waals surface area contributed by atoms with Crippen molar-refractivity contribution in [2.24, 2.45) is 0 Å². The van der Waals surface area contributed by atoms with Gasteiger partial charge < -0.3 is 10.6 Å². The van der Waals surface area contributed by atoms with Gasteiger partial charge >= 0.3 is 0 Å². The molecule has 0 atom stereocenters. The van der Waals surface area contributed by atoms with Crippen LogP contribution in [0, 0.1) is 20.8 Å². The predicted octanol–water partition coefficient (Wildman–Crippen LogP) is 5.96. The molecule has 3 aromatic rings. The Bertz CT molecular complexity index is 1020. The largest absolute Gasteiger partial charge is 0.354 e. The van der Waals surface area contributed by atoms with Gasteiger partial charge in [-0.2, -0.15) is 0 Å². The maximum absolute atomic E-state index is 12.4. The van der Waals surface area contributed by atoms with E-state index in [4.69, 9.17) is 0 Å². The first-order valence-electron chi connectivity index (χ1n) is 9.75. The molecule has 0 saturated carbocycles. The number of carbonyl (C=O) groups excluding carboxylic acids is 2. The zero-order chi connectivity index (χ0) is 20.8. The molecule has 0 fully saturated rings. The SMILES string of the molecule is Cc1ccc(Nc2ccccc2NC(=O)CCC(=O)c2ccc(C)c(C)c2)cc1. The van der Waals surface area contributed by atoms with Gasteiger partial charge in [0.05, 0.1) is 11.4 Å². The van der Waals surface area contributed by atoms with Crippen molar-refractivity contribution < 1.29 is 9.59 Å². The predicted molar refractivity (Wildman–Crippen MR) is 119 cm³/mol. The van der Waals surface area contributed by atoms with Crippen LogP contribution in [0.1, 0.15) is 39.9 Å². The molecule has 0 aliphatic carbocycles. The lowest BCUT2D eigenvalue weighted by molar-refractivity contribution is -0.116. The number of para-hydroxylation sites is 2. The number of amides is 1. The van der Waals surface area contributed by atoms with Gasteiger partial charge in [-0.3, -0.25) is 9.59 Å². The van der Waals surface area contributed by atoms with Crippen LogP contribution in [0.15, 0.2) is 66.7 Å². The van der Waals surface area contributed by atoms with Crippen LogP contribution in [0.25, 0.3) is 0 Å². The fourth-order valence-corrected chi connectivity index (χ4v) is 2.99. The molecular weight excluding hydrogens is 360 g/mol. The molecule has 0 radical (unpaired) electrons. The molecule has 4 nitrogen and oxygen atoms in total. The highest BCUT2D eigenvalue weighted by atomic mass is 16.2. The Kier molecular flexibility index (Phi) is 6.45. The minimum atomic E-state index is -0.180. The smallest absolute Gasteiger partial charge is 0.224 e. The first-order chi connectivity index (χ1) is 13.9. The summed E-state index contributed by atoms with van der Waals surface area (Å²) in [6, 6.07) is 21.2. The summed E-state index contributed by atoms with van der Waals surface area (Å²) in [6.07, 6.45) is 0.326. The van der Waals surface area contributed by atoms with E-state index >= 15 is 0 Å². The van der Waals surface area contributed by atoms with E-state index in [1.165, 1.54) is 5.56 Å². The zero-order valence-corrected chi connectivity index (χ0v) is 17.1. The molecule has 1 amide bonds. The molecule has 148 valence electrons. The van der Waals surface area contributed by atoms with Gasteiger partial charge in [-0.25, -0.2) is 0 Å². The Hall–Kier alpha value is -3.40. The number of ketones is 1. The van der Waals surface area contributed by atoms with E-state index in [-0.39, 0.29) is 24.5 Å². The number of benzene rings is 3. The van der Waals surface area contributed by atoms with Crippen LogP contribution >= 0.6 is 0 Å². The minimum Gasteiger partial charge on any atom is -0.354 e. The van der Waals surface area contributed by atoms with Crippen LogP contribution < -0.4 is 10.6 Å². The van der Waals surface area contributed by atoms with Crippen LogP contribution in [0.2, 0.25) is 0 Å². The summed E-state index contributed by atoms with van der Waals surface area (Å²) < 4.78 is 0. The van der Waals surface area contributed by atoms with Crippen LogP contribution in [-0.4, -0.2) is 11.7 Å². The summed E-state index contributed by atoms with van der Waals surface area (Å²) in [4.78, 5) is 24.8. The first-order valence-corrected chi connectivity index (χ1v) is 9.75. The number of aryl methyl sites for hydroxylation is 3. The average Bonchev–Trinajstić information content (AvgIpc) is 2.71. The van der Waals surface area contributed by atoms with Crippen molar-refractivity contribution in [2.75, 3.05) is 10.6 Å². The summed E-state index contributed by atoms with van der Waals surface area (Å²) >= 11 is 0. The zero-order valence-electron chi connectivity index (χ0n) is 17.1. The Morgan fingerprint density at radius 3 is 2.14 bits per heavy atom. The highest BCUT2D eigenvalue weighted by Gasteiger charge is 2.12. The lowest BCUT2D eigenvalue weighted by atomic mass is 10.0. The van der Waals surface area contributed by atoms with Crippen molar-refractivity contribution >= 4 is 28.8 Å². The second-order valence-corrected chi connectivity index (χ2v) is 7.31. The average molecular weight is 386 g/mol. The summed E-state index contributed by atoms with van der Waals surface area (Å²) in [5.74, 6) is -0.199. The van der Waals surface area contributed by atoms with Crippen molar-refractivity contribution in [3.63, 3.8) is 0 Å². The van der Waals surface area contributed by atoms with E-state index in [9.17, 15) is 9.59 Å². The number of hydrogen-bond acceptors (Lipinski definition) is 3. The maximum atomic E-state index is 12.4. The number of nitrogens with one attached hydrogen (secondary N) is 2. The summed E-state index contributed by atoms with van der Waals surface area (Å²) in [5.41, 5.74) is 6.52. The summed E-state index contributed by atoms with van der Waals surface area (Å²) in [5, 5.41) is 6.24. The van der Waals surface area contributed by atoms with Crippen molar-refractivity contribution in [1.82, 2.24) is 0 Å². The van der Waals surface area contributed by atoms with E-state index in [2.05, 4.69) is 10.6 Å². The second-order valence-electron chi connectivity index (χ2n) is 7.31. The molecule has 0 heterocycles. The highest BCUT2D eigenvalue weighted by Crippen LogP contribution is 2.25. The van der Waals surface area contributed by atoms with Crippen molar-refractivity contribution in [2.45, 2.75) is 33.6 Å². The van der Waals surface area contributed by atoms with E-state index in [1.807, 2.05) is 87.5 Å². The van der Waals surface area contributed by atoms with Crippen LogP contribution in [0.3, 0.4) is 0 Å². The normalized spacial score (nSPS) is 10.4. The van der Waals surface area contributed by atoms with Crippen molar-refractivity contribution in [3.05, 3.63) is 89.0 Å². The number of carbonyl (C=O) groups is 2. The van der Waals surface area contributed by atoms with E-state index in [0.717, 1.165) is 22.5 Å². The maximum Gasteiger partial charge on any atom is 0.224 e. The quantitative estimate of drug-likeness (QED) is 0.493. The number of hydrogen-bond donors (Lipinski definition) is 2. The number of anilines is 3. The van der Waals surface area contributed by atoms with Gasteiger partial charge in [0.2, 0.25) is 5.91 Å². The standard InChI is InChI=1S/C25H26N2O2/c1-17-8-12-21(13-9-17)26-22-6-4-5-7-23(22)27-25(29)15-14-24(28)20-11-10-18(2)19(3)16-20/h4-13,16,26H,14-15H2,1-3H3,(H,27,29). The van der Waals surface area contributed by atoms with Crippen molar-refractivity contribution in [1.29, 1.82) is 0 Å². The molecule has 2 N–H and O–H groups in total. The van der Waals surface area contributed by atoms with E-state index in [1.54, 1.807) is 0 Å². The lowest BCUT2D eigenvalue weighted by Crippen LogP contribution is -2.14. The monoisotopic (exact) mass is 386 g/mol. The fraction of sp³-hybridized carbons (Fsp3) is 0.200. The van der Waals surface area contributed by atoms with Gasteiger partial charge in [-0.1, -0.05) is 42.0 Å². The summed E-state index contributed by atoms with van der Waals surface area (Å²) in [7, 11) is 0. The molecule has 3 rings (SSSR count). The molecule has 0 spiro atoms. The highest BCUT2D eigenvalue weighted by molar-refractivity contribution is 6.01. The first kappa shape index (κ1) is 20.3. The van der Waals surface area contributed by atoms with E-state index < -0.39 is 0 Å². The second kappa shape index (κ2) is 9.20. The molecule has 0 aromatic heterocycles. The van der Waals surface area contributed by atoms with Gasteiger partial charge in [0.25, 0.3) is 0 Å². The van der Waals surface area contributed by atoms with Gasteiger partial charge in [0, 0.05) is 24.1 Å². The third-order valence-corrected chi connectivity index (χ3v) is 4.94. The lowest BCUT2D eigenvalue weighted by Gasteiger charge is -2.13. The minimum absolute atomic E-state index is 0.0192. The number of Topliss-reactive ketones (excluding diaryl/α,β-unsaturated/α-hetero) is 1. The topological polar surface area (TPSA) is 58.2 Å². The Morgan fingerprint density at radius 2 is 1.45 bits per heavy atom. The third kappa shape index (κ3) is 5.55. The fourth-order valence-electron chi connectivity index (χ4n) is 2.99. The molecule has 0 unspecified atom stereocenters. The van der Waals surface area contributed by atoms with Crippen molar-refractivity contribution in [3.8, 4) is 0 Å². The molecule has 0 aliphatic rings. The van der Waals surface area contributed by atoms with Crippen LogP contribution in [0.5, 0.6) is 0 Å². The van der Waals surface area contributed by atoms with Gasteiger partial charge in [0.1, 0.15) is 0 Å². The molecule has 4 heteroatoms. The molecule has 0 saturated heterocycles. The number of rotatable bonds is 7. The molecule has 3 aromatic carbocycles. The molecule has 0 aliphatic heterocycles. The third-order valence-electron chi connectivity index (χ3n) is 4.94. The van der Waals surface area contributed by atoms with Gasteiger partial charge in [0.15, 0.2) is 5.78 Å². The molecule has 0 bridgehead atoms. The van der Waals surface area contributed by atoms with Crippen LogP contribution in [-0.2, 0) is 4.79 Å². The Morgan fingerprint density at radius 1 is 0.759 bits per heavy atom. The summed E-state index contributed by atoms with van der Waals surface area (Å²) in [6.45, 7) is 6.03. The molecular formula is C25H26N2O2.